The Bertz CT molecular complexity index is 988. The first-order chi connectivity index (χ1) is 12.7. The molecule has 4 rings (SSSR count). The summed E-state index contributed by atoms with van der Waals surface area (Å²) in [5, 5.41) is 1.45. The molecule has 26 heavy (non-hydrogen) atoms. The lowest BCUT2D eigenvalue weighted by molar-refractivity contribution is -0.138. The number of aromatic amines is 1. The summed E-state index contributed by atoms with van der Waals surface area (Å²) in [6.07, 6.45) is 0.691. The van der Waals surface area contributed by atoms with Crippen LogP contribution in [0, 0.1) is 6.92 Å². The van der Waals surface area contributed by atoms with Gasteiger partial charge in [0.2, 0.25) is 0 Å². The fraction of sp³-hybridized carbons (Fsp3) is 0.227. The van der Waals surface area contributed by atoms with Crippen LogP contribution in [0.3, 0.4) is 0 Å². The lowest BCUT2D eigenvalue weighted by atomic mass is 10.00. The standard InChI is InChI=1S/C22H21NO2S/c1-3-25-22(24)17-13-19(26-21(17)15-9-5-4-6-10-15)20-14(2)23-18-12-8-7-11-16(18)20/h4-12,19,23H,3,13H2,1-2H3. The Morgan fingerprint density at radius 2 is 1.88 bits per heavy atom. The van der Waals surface area contributed by atoms with Gasteiger partial charge in [0.05, 0.1) is 12.2 Å². The molecule has 0 aliphatic carbocycles. The molecule has 1 aliphatic heterocycles. The summed E-state index contributed by atoms with van der Waals surface area (Å²) in [6.45, 7) is 4.36. The molecule has 1 aromatic heterocycles. The molecule has 3 aromatic rings. The molecule has 0 radical (unpaired) electrons. The van der Waals surface area contributed by atoms with Crippen LogP contribution in [-0.2, 0) is 9.53 Å². The quantitative estimate of drug-likeness (QED) is 0.611. The fourth-order valence-corrected chi connectivity index (χ4v) is 5.17. The minimum atomic E-state index is -0.196. The van der Waals surface area contributed by atoms with Gasteiger partial charge in [-0.3, -0.25) is 0 Å². The van der Waals surface area contributed by atoms with E-state index in [-0.39, 0.29) is 11.2 Å². The molecule has 0 bridgehead atoms. The number of esters is 1. The zero-order chi connectivity index (χ0) is 18.1. The Kier molecular flexibility index (Phi) is 4.60. The summed E-state index contributed by atoms with van der Waals surface area (Å²) < 4.78 is 5.34. The minimum Gasteiger partial charge on any atom is -0.463 e. The van der Waals surface area contributed by atoms with E-state index in [2.05, 4.69) is 42.2 Å². The summed E-state index contributed by atoms with van der Waals surface area (Å²) in [6, 6.07) is 18.5. The zero-order valence-corrected chi connectivity index (χ0v) is 15.7. The third-order valence-corrected chi connectivity index (χ3v) is 6.15. The van der Waals surface area contributed by atoms with Crippen LogP contribution in [0.5, 0.6) is 0 Å². The van der Waals surface area contributed by atoms with Crippen molar-refractivity contribution in [3.8, 4) is 0 Å². The number of hydrogen-bond acceptors (Lipinski definition) is 3. The molecule has 132 valence electrons. The Morgan fingerprint density at radius 1 is 1.15 bits per heavy atom. The number of aromatic nitrogens is 1. The van der Waals surface area contributed by atoms with Crippen LogP contribution in [-0.4, -0.2) is 17.6 Å². The van der Waals surface area contributed by atoms with E-state index in [1.54, 1.807) is 11.8 Å². The number of para-hydroxylation sites is 1. The van der Waals surface area contributed by atoms with Crippen molar-refractivity contribution in [2.24, 2.45) is 0 Å². The van der Waals surface area contributed by atoms with Crippen molar-refractivity contribution >= 4 is 33.5 Å². The highest BCUT2D eigenvalue weighted by molar-refractivity contribution is 8.08. The minimum absolute atomic E-state index is 0.196. The van der Waals surface area contributed by atoms with Crippen molar-refractivity contribution in [3.63, 3.8) is 0 Å². The molecule has 0 amide bonds. The van der Waals surface area contributed by atoms with Crippen molar-refractivity contribution in [2.45, 2.75) is 25.5 Å². The van der Waals surface area contributed by atoms with Crippen molar-refractivity contribution in [3.05, 3.63) is 77.0 Å². The molecule has 0 fully saturated rings. The van der Waals surface area contributed by atoms with Crippen LogP contribution in [0.2, 0.25) is 0 Å². The van der Waals surface area contributed by atoms with Crippen LogP contribution >= 0.6 is 11.8 Å². The monoisotopic (exact) mass is 363 g/mol. The maximum Gasteiger partial charge on any atom is 0.335 e. The van der Waals surface area contributed by atoms with Gasteiger partial charge in [0.15, 0.2) is 0 Å². The molecular formula is C22H21NO2S. The Morgan fingerprint density at radius 3 is 2.65 bits per heavy atom. The van der Waals surface area contributed by atoms with Gasteiger partial charge in [0.1, 0.15) is 0 Å². The van der Waals surface area contributed by atoms with Gasteiger partial charge in [-0.25, -0.2) is 4.79 Å². The number of fused-ring (bicyclic) bond motifs is 1. The maximum absolute atomic E-state index is 12.6. The normalized spacial score (nSPS) is 17.1. The largest absolute Gasteiger partial charge is 0.463 e. The predicted molar refractivity (Wildman–Crippen MR) is 108 cm³/mol. The summed E-state index contributed by atoms with van der Waals surface area (Å²) in [5.41, 5.74) is 5.48. The molecule has 1 unspecified atom stereocenters. The third-order valence-electron chi connectivity index (χ3n) is 4.75. The lowest BCUT2D eigenvalue weighted by Gasteiger charge is -2.11. The number of rotatable bonds is 4. The second-order valence-electron chi connectivity index (χ2n) is 6.41. The zero-order valence-electron chi connectivity index (χ0n) is 14.9. The summed E-state index contributed by atoms with van der Waals surface area (Å²) in [7, 11) is 0. The number of nitrogens with one attached hydrogen (secondary N) is 1. The number of ether oxygens (including phenoxy) is 1. The van der Waals surface area contributed by atoms with E-state index in [9.17, 15) is 4.79 Å². The Labute approximate surface area is 157 Å². The van der Waals surface area contributed by atoms with Gasteiger partial charge in [0, 0.05) is 26.8 Å². The molecule has 2 heterocycles. The fourth-order valence-electron chi connectivity index (χ4n) is 3.63. The molecule has 3 nitrogen and oxygen atoms in total. The van der Waals surface area contributed by atoms with Crippen molar-refractivity contribution < 1.29 is 9.53 Å². The van der Waals surface area contributed by atoms with Crippen LogP contribution in [0.1, 0.15) is 35.4 Å². The number of H-pyrrole nitrogens is 1. The van der Waals surface area contributed by atoms with Gasteiger partial charge in [-0.1, -0.05) is 48.5 Å². The van der Waals surface area contributed by atoms with E-state index < -0.39 is 0 Å². The molecule has 0 spiro atoms. The molecule has 2 aromatic carbocycles. The summed E-state index contributed by atoms with van der Waals surface area (Å²) >= 11 is 1.77. The molecule has 0 saturated carbocycles. The van der Waals surface area contributed by atoms with Gasteiger partial charge in [-0.05, 0) is 37.5 Å². The van der Waals surface area contributed by atoms with Gasteiger partial charge in [-0.15, -0.1) is 11.8 Å². The van der Waals surface area contributed by atoms with Crippen molar-refractivity contribution in [1.29, 1.82) is 0 Å². The SMILES string of the molecule is CCOC(=O)C1=C(c2ccccc2)SC(c2c(C)[nH]c3ccccc23)C1. The van der Waals surface area contributed by atoms with Gasteiger partial charge < -0.3 is 9.72 Å². The Hall–Kier alpha value is -2.46. The molecular weight excluding hydrogens is 342 g/mol. The summed E-state index contributed by atoms with van der Waals surface area (Å²) in [4.78, 5) is 17.1. The van der Waals surface area contributed by atoms with E-state index in [4.69, 9.17) is 4.74 Å². The lowest BCUT2D eigenvalue weighted by Crippen LogP contribution is -2.08. The van der Waals surface area contributed by atoms with Crippen LogP contribution < -0.4 is 0 Å². The highest BCUT2D eigenvalue weighted by Crippen LogP contribution is 2.54. The number of hydrogen-bond donors (Lipinski definition) is 1. The molecule has 1 aliphatic rings. The van der Waals surface area contributed by atoms with E-state index in [0.717, 1.165) is 21.6 Å². The number of carbonyl (C=O) groups excluding carboxylic acids is 1. The summed E-state index contributed by atoms with van der Waals surface area (Å²) in [5.74, 6) is -0.196. The number of benzene rings is 2. The van der Waals surface area contributed by atoms with Gasteiger partial charge >= 0.3 is 5.97 Å². The van der Waals surface area contributed by atoms with Crippen LogP contribution in [0.25, 0.3) is 15.8 Å². The molecule has 0 saturated heterocycles. The Balaban J connectivity index is 1.76. The first-order valence-corrected chi connectivity index (χ1v) is 9.76. The topological polar surface area (TPSA) is 42.1 Å². The van der Waals surface area contributed by atoms with Crippen LogP contribution in [0.4, 0.5) is 0 Å². The first-order valence-electron chi connectivity index (χ1n) is 8.88. The van der Waals surface area contributed by atoms with E-state index >= 15 is 0 Å². The molecule has 1 atom stereocenters. The smallest absolute Gasteiger partial charge is 0.335 e. The maximum atomic E-state index is 12.6. The third kappa shape index (κ3) is 2.95. The highest BCUT2D eigenvalue weighted by Gasteiger charge is 2.33. The van der Waals surface area contributed by atoms with E-state index in [1.165, 1.54) is 16.6 Å². The van der Waals surface area contributed by atoms with Crippen molar-refractivity contribution in [2.75, 3.05) is 6.61 Å². The first kappa shape index (κ1) is 17.0. The number of carbonyl (C=O) groups is 1. The second-order valence-corrected chi connectivity index (χ2v) is 7.63. The average molecular weight is 363 g/mol. The van der Waals surface area contributed by atoms with Crippen molar-refractivity contribution in [1.82, 2.24) is 4.98 Å². The second kappa shape index (κ2) is 7.04. The van der Waals surface area contributed by atoms with Gasteiger partial charge in [0.25, 0.3) is 0 Å². The van der Waals surface area contributed by atoms with E-state index in [0.29, 0.717) is 13.0 Å². The molecule has 1 N–H and O–H groups in total. The average Bonchev–Trinajstić information content (AvgIpc) is 3.23. The van der Waals surface area contributed by atoms with Crippen LogP contribution in [0.15, 0.2) is 60.2 Å². The predicted octanol–water partition coefficient (Wildman–Crippen LogP) is 5.63. The number of thioether (sulfide) groups is 1. The van der Waals surface area contributed by atoms with Gasteiger partial charge in [-0.2, -0.15) is 0 Å². The molecule has 4 heteroatoms. The highest BCUT2D eigenvalue weighted by atomic mass is 32.2. The van der Waals surface area contributed by atoms with E-state index in [1.807, 2.05) is 31.2 Å². The number of aryl methyl sites for hydroxylation is 1.